The van der Waals surface area contributed by atoms with Gasteiger partial charge in [-0.1, -0.05) is 6.92 Å². The Bertz CT molecular complexity index is 1250. The third-order valence-electron chi connectivity index (χ3n) is 4.00. The summed E-state index contributed by atoms with van der Waals surface area (Å²) in [4.78, 5) is 9.09. The van der Waals surface area contributed by atoms with E-state index in [0.717, 1.165) is 6.07 Å². The Morgan fingerprint density at radius 3 is 2.33 bits per heavy atom. The number of aromatic nitrogens is 3. The molecule has 0 spiro atoms. The fraction of sp³-hybridized carbons (Fsp3) is 0.250. The molecule has 14 heteroatoms. The lowest BCUT2D eigenvalue weighted by atomic mass is 10.2. The van der Waals surface area contributed by atoms with Gasteiger partial charge in [0.15, 0.2) is 20.6 Å². The molecule has 1 N–H and O–H groups in total. The lowest BCUT2D eigenvalue weighted by molar-refractivity contribution is -0.138. The molecule has 1 unspecified atom stereocenters. The fourth-order valence-electron chi connectivity index (χ4n) is 2.53. The van der Waals surface area contributed by atoms with E-state index in [1.54, 1.807) is 0 Å². The summed E-state index contributed by atoms with van der Waals surface area (Å²) >= 11 is 0. The minimum absolute atomic E-state index is 0.0757. The first-order chi connectivity index (χ1) is 13.7. The van der Waals surface area contributed by atoms with Gasteiger partial charge in [-0.25, -0.2) is 17.6 Å². The maximum absolute atomic E-state index is 13.0. The van der Waals surface area contributed by atoms with Crippen molar-refractivity contribution >= 4 is 31.7 Å². The summed E-state index contributed by atoms with van der Waals surface area (Å²) < 4.78 is 113. The zero-order valence-corrected chi connectivity index (χ0v) is 16.4. The van der Waals surface area contributed by atoms with Gasteiger partial charge in [-0.3, -0.25) is 4.98 Å². The van der Waals surface area contributed by atoms with Crippen molar-refractivity contribution in [3.63, 3.8) is 0 Å². The molecule has 6 nitrogen and oxygen atoms in total. The molecule has 0 aliphatic rings. The molecular weight excluding hydrogens is 460 g/mol. The van der Waals surface area contributed by atoms with E-state index in [1.165, 1.54) is 19.1 Å². The van der Waals surface area contributed by atoms with Crippen LogP contribution in [0.15, 0.2) is 40.4 Å². The van der Waals surface area contributed by atoms with E-state index in [2.05, 4.69) is 15.0 Å². The predicted octanol–water partition coefficient (Wildman–Crippen LogP) is 4.06. The molecule has 0 aromatic carbocycles. The summed E-state index contributed by atoms with van der Waals surface area (Å²) in [7, 11) is -7.53. The number of sulfone groups is 1. The van der Waals surface area contributed by atoms with E-state index in [-0.39, 0.29) is 22.4 Å². The van der Waals surface area contributed by atoms with Crippen molar-refractivity contribution in [3.05, 3.63) is 36.0 Å². The van der Waals surface area contributed by atoms with Crippen LogP contribution in [0.5, 0.6) is 0 Å². The number of pyridine rings is 2. The summed E-state index contributed by atoms with van der Waals surface area (Å²) in [5.74, 6) is -0.504. The average molecular weight is 471 g/mol. The van der Waals surface area contributed by atoms with Crippen LogP contribution in [0.1, 0.15) is 12.5 Å². The van der Waals surface area contributed by atoms with E-state index in [0.29, 0.717) is 12.3 Å². The zero-order chi connectivity index (χ0) is 22.5. The first kappa shape index (κ1) is 22.2. The molecule has 0 saturated heterocycles. The molecule has 0 saturated carbocycles. The van der Waals surface area contributed by atoms with Gasteiger partial charge in [0, 0.05) is 11.6 Å². The van der Waals surface area contributed by atoms with Crippen LogP contribution < -0.4 is 0 Å². The lowest BCUT2D eigenvalue weighted by Crippen LogP contribution is -2.17. The average Bonchev–Trinajstić information content (AvgIpc) is 3.08. The van der Waals surface area contributed by atoms with Crippen LogP contribution in [0.25, 0.3) is 22.4 Å². The summed E-state index contributed by atoms with van der Waals surface area (Å²) in [6.07, 6.45) is -4.38. The van der Waals surface area contributed by atoms with Crippen LogP contribution in [0.3, 0.4) is 0 Å². The zero-order valence-electron chi connectivity index (χ0n) is 14.8. The number of halogens is 6. The van der Waals surface area contributed by atoms with Crippen molar-refractivity contribution in [3.8, 4) is 11.4 Å². The molecule has 3 rings (SSSR count). The summed E-state index contributed by atoms with van der Waals surface area (Å²) in [6.45, 7) is 1.24. The minimum atomic E-state index is -5.03. The van der Waals surface area contributed by atoms with Gasteiger partial charge >= 0.3 is 11.7 Å². The number of rotatable bonds is 4. The molecule has 0 aliphatic carbocycles. The molecule has 0 aliphatic heterocycles. The van der Waals surface area contributed by atoms with Crippen molar-refractivity contribution in [2.45, 2.75) is 28.5 Å². The highest BCUT2D eigenvalue weighted by Crippen LogP contribution is 2.35. The van der Waals surface area contributed by atoms with E-state index in [1.807, 2.05) is 0 Å². The van der Waals surface area contributed by atoms with Gasteiger partial charge in [0.2, 0.25) is 0 Å². The second-order valence-corrected chi connectivity index (χ2v) is 9.62. The lowest BCUT2D eigenvalue weighted by Gasteiger charge is -2.11. The van der Waals surface area contributed by atoms with Gasteiger partial charge in [-0.2, -0.15) is 26.3 Å². The standard InChI is InChI=1S/C16H11F6N3O3S2/c1-2-30(27,28)11-6-9(15(17,18)19)7-23-13(11)10-5-8-3-4-12(25-14(8)24-10)29(26)16(20,21)22/h3-7H,2H2,1H3,(H,24,25). The molecule has 162 valence electrons. The molecule has 0 bridgehead atoms. The first-order valence-electron chi connectivity index (χ1n) is 8.03. The Labute approximate surface area is 167 Å². The van der Waals surface area contributed by atoms with Crippen LogP contribution in [0.4, 0.5) is 26.3 Å². The Morgan fingerprint density at radius 1 is 1.10 bits per heavy atom. The smallest absolute Gasteiger partial charge is 0.338 e. The molecule has 3 aromatic rings. The molecule has 0 amide bonds. The van der Waals surface area contributed by atoms with Gasteiger partial charge in [-0.15, -0.1) is 0 Å². The molecule has 0 fully saturated rings. The normalized spacial score (nSPS) is 14.2. The Balaban J connectivity index is 2.19. The van der Waals surface area contributed by atoms with Gasteiger partial charge in [0.25, 0.3) is 0 Å². The van der Waals surface area contributed by atoms with Gasteiger partial charge in [0.05, 0.1) is 21.9 Å². The van der Waals surface area contributed by atoms with Gasteiger partial charge in [0.1, 0.15) is 16.4 Å². The van der Waals surface area contributed by atoms with Crippen molar-refractivity contribution in [1.29, 1.82) is 0 Å². The maximum Gasteiger partial charge on any atom is 0.477 e. The van der Waals surface area contributed by atoms with Crippen LogP contribution in [0, 0.1) is 0 Å². The molecule has 0 radical (unpaired) electrons. The quantitative estimate of drug-likeness (QED) is 0.580. The van der Waals surface area contributed by atoms with E-state index in [4.69, 9.17) is 0 Å². The summed E-state index contributed by atoms with van der Waals surface area (Å²) in [6, 6.07) is 3.77. The first-order valence-corrected chi connectivity index (χ1v) is 10.8. The van der Waals surface area contributed by atoms with E-state index < -0.39 is 53.6 Å². The molecule has 3 aromatic heterocycles. The molecule has 1 atom stereocenters. The Hall–Kier alpha value is -2.48. The minimum Gasteiger partial charge on any atom is -0.338 e. The Morgan fingerprint density at radius 2 is 1.77 bits per heavy atom. The number of hydrogen-bond acceptors (Lipinski definition) is 5. The summed E-state index contributed by atoms with van der Waals surface area (Å²) in [5.41, 5.74) is -6.89. The third kappa shape index (κ3) is 4.19. The van der Waals surface area contributed by atoms with E-state index >= 15 is 0 Å². The number of aromatic amines is 1. The fourth-order valence-corrected chi connectivity index (χ4v) is 4.21. The molecule has 3 heterocycles. The van der Waals surface area contributed by atoms with E-state index in [9.17, 15) is 39.0 Å². The molecule has 30 heavy (non-hydrogen) atoms. The van der Waals surface area contributed by atoms with Crippen molar-refractivity contribution in [2.75, 3.05) is 5.75 Å². The monoisotopic (exact) mass is 471 g/mol. The highest BCUT2D eigenvalue weighted by atomic mass is 32.2. The highest BCUT2D eigenvalue weighted by Gasteiger charge is 2.39. The summed E-state index contributed by atoms with van der Waals surface area (Å²) in [5, 5.41) is -0.570. The van der Waals surface area contributed by atoms with Crippen LogP contribution >= 0.6 is 0 Å². The van der Waals surface area contributed by atoms with Crippen LogP contribution in [-0.2, 0) is 26.8 Å². The number of fused-ring (bicyclic) bond motifs is 1. The van der Waals surface area contributed by atoms with Crippen LogP contribution in [0.2, 0.25) is 0 Å². The molecular formula is C16H11F6N3O3S2. The third-order valence-corrected chi connectivity index (χ3v) is 6.77. The van der Waals surface area contributed by atoms with Crippen molar-refractivity contribution in [1.82, 2.24) is 15.0 Å². The Kier molecular flexibility index (Phi) is 5.43. The van der Waals surface area contributed by atoms with Crippen LogP contribution in [-0.4, -0.2) is 38.8 Å². The number of nitrogens with zero attached hydrogens (tertiary/aromatic N) is 2. The number of hydrogen-bond donors (Lipinski definition) is 1. The maximum atomic E-state index is 13.0. The number of H-pyrrole nitrogens is 1. The second-order valence-electron chi connectivity index (χ2n) is 5.96. The van der Waals surface area contributed by atoms with Gasteiger partial charge in [-0.05, 0) is 24.3 Å². The predicted molar refractivity (Wildman–Crippen MR) is 94.5 cm³/mol. The van der Waals surface area contributed by atoms with Crippen molar-refractivity contribution < 1.29 is 39.0 Å². The SMILES string of the molecule is CCS(=O)(=O)c1cc(C(F)(F)F)cnc1-c1cc2ccc(S(=O)C(F)(F)F)nc2[nH]1. The number of alkyl halides is 6. The second kappa shape index (κ2) is 7.34. The topological polar surface area (TPSA) is 92.8 Å². The van der Waals surface area contributed by atoms with Crippen molar-refractivity contribution in [2.24, 2.45) is 0 Å². The highest BCUT2D eigenvalue weighted by molar-refractivity contribution is 7.91. The number of nitrogens with one attached hydrogen (secondary N) is 1. The largest absolute Gasteiger partial charge is 0.477 e. The van der Waals surface area contributed by atoms with Gasteiger partial charge < -0.3 is 4.98 Å².